The fourth-order valence-corrected chi connectivity index (χ4v) is 2.79. The van der Waals surface area contributed by atoms with E-state index in [1.54, 1.807) is 45.0 Å². The van der Waals surface area contributed by atoms with Crippen LogP contribution in [0.1, 0.15) is 33.2 Å². The van der Waals surface area contributed by atoms with E-state index in [4.69, 9.17) is 5.11 Å². The van der Waals surface area contributed by atoms with Crippen LogP contribution in [0.25, 0.3) is 11.0 Å². The van der Waals surface area contributed by atoms with Crippen molar-refractivity contribution in [2.75, 3.05) is 0 Å². The van der Waals surface area contributed by atoms with Gasteiger partial charge >= 0.3 is 11.9 Å². The first kappa shape index (κ1) is 17.9. The van der Waals surface area contributed by atoms with Crippen molar-refractivity contribution in [2.45, 2.75) is 39.3 Å². The minimum atomic E-state index is -1.46. The lowest BCUT2D eigenvalue weighted by Crippen LogP contribution is -2.44. The zero-order valence-electron chi connectivity index (χ0n) is 13.7. The van der Waals surface area contributed by atoms with E-state index in [0.717, 1.165) is 4.80 Å². The molecule has 0 radical (unpaired) electrons. The molecular formula is C16H21N3O5. The molecule has 1 aromatic heterocycles. The third-order valence-corrected chi connectivity index (χ3v) is 3.92. The second kappa shape index (κ2) is 6.56. The van der Waals surface area contributed by atoms with Crippen molar-refractivity contribution in [2.24, 2.45) is 11.3 Å². The highest BCUT2D eigenvalue weighted by Crippen LogP contribution is 2.34. The van der Waals surface area contributed by atoms with Crippen LogP contribution in [0.4, 0.5) is 0 Å². The predicted molar refractivity (Wildman–Crippen MR) is 85.4 cm³/mol. The average molecular weight is 335 g/mol. The van der Waals surface area contributed by atoms with E-state index in [2.05, 4.69) is 10.2 Å². The minimum absolute atomic E-state index is 0.484. The Balaban J connectivity index is 2.47. The molecule has 24 heavy (non-hydrogen) atoms. The largest absolute Gasteiger partial charge is 0.481 e. The maximum absolute atomic E-state index is 11.6. The van der Waals surface area contributed by atoms with E-state index in [1.807, 2.05) is 0 Å². The maximum atomic E-state index is 11.6. The first-order valence-corrected chi connectivity index (χ1v) is 7.55. The number of hydrogen-bond donors (Lipinski definition) is 3. The van der Waals surface area contributed by atoms with Crippen LogP contribution in [-0.2, 0) is 9.59 Å². The van der Waals surface area contributed by atoms with Crippen molar-refractivity contribution in [3.8, 4) is 0 Å². The van der Waals surface area contributed by atoms with Gasteiger partial charge in [0.1, 0.15) is 17.1 Å². The highest BCUT2D eigenvalue weighted by molar-refractivity contribution is 5.74. The lowest BCUT2D eigenvalue weighted by Gasteiger charge is -2.34. The molecule has 8 nitrogen and oxygen atoms in total. The third-order valence-electron chi connectivity index (χ3n) is 3.92. The summed E-state index contributed by atoms with van der Waals surface area (Å²) in [5.41, 5.74) is 0.319. The van der Waals surface area contributed by atoms with E-state index < -0.39 is 41.8 Å². The number of aromatic nitrogens is 3. The first-order chi connectivity index (χ1) is 11.1. The van der Waals surface area contributed by atoms with Gasteiger partial charge in [-0.1, -0.05) is 32.9 Å². The van der Waals surface area contributed by atoms with Crippen LogP contribution < -0.4 is 0 Å². The van der Waals surface area contributed by atoms with Crippen molar-refractivity contribution >= 4 is 23.0 Å². The number of fused-ring (bicyclic) bond motifs is 1. The quantitative estimate of drug-likeness (QED) is 0.731. The molecule has 0 spiro atoms. The molecule has 3 N–H and O–H groups in total. The molecule has 3 atom stereocenters. The van der Waals surface area contributed by atoms with Gasteiger partial charge in [0, 0.05) is 0 Å². The number of carbonyl (C=O) groups is 2. The van der Waals surface area contributed by atoms with E-state index in [9.17, 15) is 19.8 Å². The molecule has 0 saturated heterocycles. The highest BCUT2D eigenvalue weighted by atomic mass is 16.4. The van der Waals surface area contributed by atoms with Crippen LogP contribution in [0.3, 0.4) is 0 Å². The van der Waals surface area contributed by atoms with E-state index in [1.165, 1.54) is 0 Å². The number of rotatable bonds is 6. The second-order valence-electron chi connectivity index (χ2n) is 6.85. The molecule has 0 saturated carbocycles. The summed E-state index contributed by atoms with van der Waals surface area (Å²) in [5.74, 6) is -3.53. The fraction of sp³-hybridized carbons (Fsp3) is 0.500. The van der Waals surface area contributed by atoms with E-state index in [-0.39, 0.29) is 0 Å². The standard InChI is InChI=1S/C16H21N3O5/c1-16(2,3)13(15(23)24)14(22)11(8-12(20)21)19-17-9-6-4-5-7-10(9)18-19/h4-7,11,13-14,22H,8H2,1-3H3,(H,20,21)(H,23,24). The smallest absolute Gasteiger partial charge is 0.309 e. The van der Waals surface area contributed by atoms with Crippen molar-refractivity contribution in [1.82, 2.24) is 15.0 Å². The van der Waals surface area contributed by atoms with Gasteiger partial charge in [-0.3, -0.25) is 9.59 Å². The summed E-state index contributed by atoms with van der Waals surface area (Å²) in [4.78, 5) is 24.0. The van der Waals surface area contributed by atoms with Crippen molar-refractivity contribution < 1.29 is 24.9 Å². The summed E-state index contributed by atoms with van der Waals surface area (Å²) in [5, 5.41) is 37.7. The van der Waals surface area contributed by atoms with Crippen LogP contribution in [0.2, 0.25) is 0 Å². The number of nitrogens with zero attached hydrogens (tertiary/aromatic N) is 3. The van der Waals surface area contributed by atoms with Gasteiger partial charge < -0.3 is 15.3 Å². The summed E-state index contributed by atoms with van der Waals surface area (Å²) < 4.78 is 0. The molecule has 0 aliphatic carbocycles. The lowest BCUT2D eigenvalue weighted by atomic mass is 9.75. The van der Waals surface area contributed by atoms with Crippen molar-refractivity contribution in [3.63, 3.8) is 0 Å². The molecule has 130 valence electrons. The molecule has 0 bridgehead atoms. The molecule has 0 amide bonds. The number of hydrogen-bond acceptors (Lipinski definition) is 5. The number of carboxylic acid groups (broad SMARTS) is 2. The van der Waals surface area contributed by atoms with Gasteiger partial charge in [-0.2, -0.15) is 15.0 Å². The van der Waals surface area contributed by atoms with Gasteiger partial charge in [-0.25, -0.2) is 0 Å². The lowest BCUT2D eigenvalue weighted by molar-refractivity contribution is -0.155. The monoisotopic (exact) mass is 335 g/mol. The van der Waals surface area contributed by atoms with Gasteiger partial charge in [0.25, 0.3) is 0 Å². The molecule has 8 heteroatoms. The normalized spacial score (nSPS) is 15.8. The third kappa shape index (κ3) is 3.70. The van der Waals surface area contributed by atoms with Crippen molar-refractivity contribution in [1.29, 1.82) is 0 Å². The Morgan fingerprint density at radius 3 is 2.00 bits per heavy atom. The van der Waals surface area contributed by atoms with Gasteiger partial charge in [-0.05, 0) is 17.5 Å². The number of aliphatic hydroxyl groups excluding tert-OH is 1. The zero-order valence-corrected chi connectivity index (χ0v) is 13.7. The predicted octanol–water partition coefficient (Wildman–Crippen LogP) is 1.55. The van der Waals surface area contributed by atoms with Crippen LogP contribution in [0.15, 0.2) is 24.3 Å². The SMILES string of the molecule is CC(C)(C)C(C(=O)O)C(O)C(CC(=O)O)n1nc2ccccc2n1. The summed E-state index contributed by atoms with van der Waals surface area (Å²) in [7, 11) is 0. The Labute approximate surface area is 138 Å². The van der Waals surface area contributed by atoms with Gasteiger partial charge in [0.2, 0.25) is 0 Å². The van der Waals surface area contributed by atoms with Crippen molar-refractivity contribution in [3.05, 3.63) is 24.3 Å². The van der Waals surface area contributed by atoms with Gasteiger partial charge in [-0.15, -0.1) is 0 Å². The summed E-state index contributed by atoms with van der Waals surface area (Å²) >= 11 is 0. The summed E-state index contributed by atoms with van der Waals surface area (Å²) in [6, 6.07) is 5.86. The first-order valence-electron chi connectivity index (χ1n) is 7.55. The Morgan fingerprint density at radius 1 is 1.12 bits per heavy atom. The van der Waals surface area contributed by atoms with E-state index in [0.29, 0.717) is 11.0 Å². The molecule has 2 rings (SSSR count). The Kier molecular flexibility index (Phi) is 4.88. The Hall–Kier alpha value is -2.48. The number of carboxylic acids is 2. The Morgan fingerprint density at radius 2 is 1.62 bits per heavy atom. The average Bonchev–Trinajstić information content (AvgIpc) is 2.85. The molecule has 2 aromatic rings. The number of aliphatic hydroxyl groups is 1. The van der Waals surface area contributed by atoms with Crippen LogP contribution in [0.5, 0.6) is 0 Å². The zero-order chi connectivity index (χ0) is 18.1. The molecule has 0 fully saturated rings. The van der Waals surface area contributed by atoms with Gasteiger partial charge in [0.05, 0.1) is 18.4 Å². The molecule has 1 heterocycles. The second-order valence-corrected chi connectivity index (χ2v) is 6.85. The fourth-order valence-electron chi connectivity index (χ4n) is 2.79. The molecule has 0 aliphatic rings. The van der Waals surface area contributed by atoms with Crippen LogP contribution in [0, 0.1) is 11.3 Å². The summed E-state index contributed by atoms with van der Waals surface area (Å²) in [6.45, 7) is 5.04. The Bertz CT molecular complexity index is 716. The van der Waals surface area contributed by atoms with Crippen LogP contribution >= 0.6 is 0 Å². The molecule has 0 aliphatic heterocycles. The highest BCUT2D eigenvalue weighted by Gasteiger charge is 2.43. The topological polar surface area (TPSA) is 126 Å². The molecule has 3 unspecified atom stereocenters. The van der Waals surface area contributed by atoms with E-state index >= 15 is 0 Å². The van der Waals surface area contributed by atoms with Crippen LogP contribution in [-0.4, -0.2) is 48.4 Å². The molecule has 1 aromatic carbocycles. The number of aliphatic carboxylic acids is 2. The molecular weight excluding hydrogens is 314 g/mol. The summed E-state index contributed by atoms with van der Waals surface area (Å²) in [6.07, 6.45) is -1.94. The minimum Gasteiger partial charge on any atom is -0.481 e. The maximum Gasteiger partial charge on any atom is 0.309 e. The number of benzene rings is 1. The van der Waals surface area contributed by atoms with Gasteiger partial charge in [0.15, 0.2) is 0 Å².